The molecule has 27 heavy (non-hydrogen) atoms. The van der Waals surface area contributed by atoms with E-state index in [0.717, 1.165) is 22.5 Å². The number of aryl methyl sites for hydroxylation is 2. The first kappa shape index (κ1) is 19.3. The summed E-state index contributed by atoms with van der Waals surface area (Å²) in [4.78, 5) is 32.1. The first-order chi connectivity index (χ1) is 13.0. The molecule has 0 N–H and O–H groups in total. The Hall–Kier alpha value is -2.51. The fourth-order valence-corrected chi connectivity index (χ4v) is 4.28. The number of benzene rings is 1. The molecule has 0 aliphatic heterocycles. The number of rotatable bonds is 6. The second-order valence-corrected chi connectivity index (χ2v) is 8.07. The Morgan fingerprint density at radius 1 is 1.19 bits per heavy atom. The van der Waals surface area contributed by atoms with Crippen LogP contribution in [0.4, 0.5) is 10.8 Å². The summed E-state index contributed by atoms with van der Waals surface area (Å²) in [6, 6.07) is 11.4. The first-order valence-electron chi connectivity index (χ1n) is 8.56. The number of ether oxygens (including phenoxy) is 1. The maximum Gasteiger partial charge on any atom is 0.348 e. The molecule has 0 aliphatic carbocycles. The lowest BCUT2D eigenvalue weighted by atomic mass is 10.1. The van der Waals surface area contributed by atoms with Gasteiger partial charge in [0, 0.05) is 17.2 Å². The lowest BCUT2D eigenvalue weighted by molar-refractivity contribution is -0.115. The third-order valence-corrected chi connectivity index (χ3v) is 5.81. The second kappa shape index (κ2) is 8.45. The number of nitrogens with zero attached hydrogens (tertiary/aromatic N) is 2. The molecule has 0 fully saturated rings. The minimum atomic E-state index is -0.359. The van der Waals surface area contributed by atoms with E-state index < -0.39 is 0 Å². The van der Waals surface area contributed by atoms with Gasteiger partial charge in [-0.15, -0.1) is 22.7 Å². The van der Waals surface area contributed by atoms with Gasteiger partial charge in [0.1, 0.15) is 11.5 Å². The summed E-state index contributed by atoms with van der Waals surface area (Å²) in [5, 5.41) is 2.38. The van der Waals surface area contributed by atoms with Gasteiger partial charge in [-0.25, -0.2) is 9.78 Å². The molecule has 0 bridgehead atoms. The van der Waals surface area contributed by atoms with E-state index in [0.29, 0.717) is 15.7 Å². The zero-order valence-electron chi connectivity index (χ0n) is 15.4. The molecule has 0 unspecified atom stereocenters. The zero-order valence-corrected chi connectivity index (χ0v) is 17.0. The predicted octanol–water partition coefficient (Wildman–Crippen LogP) is 5.12. The van der Waals surface area contributed by atoms with Gasteiger partial charge in [0.25, 0.3) is 0 Å². The summed E-state index contributed by atoms with van der Waals surface area (Å²) in [6.07, 6.45) is 0.816. The minimum absolute atomic E-state index is 0.0768. The van der Waals surface area contributed by atoms with Crippen molar-refractivity contribution >= 4 is 45.4 Å². The number of amides is 1. The van der Waals surface area contributed by atoms with Gasteiger partial charge in [0.15, 0.2) is 5.13 Å². The summed E-state index contributed by atoms with van der Waals surface area (Å²) in [7, 11) is 0. The molecular formula is C20H20N2O3S2. The van der Waals surface area contributed by atoms with Crippen molar-refractivity contribution in [2.75, 3.05) is 4.90 Å². The molecular weight excluding hydrogens is 380 g/mol. The molecule has 3 rings (SSSR count). The van der Waals surface area contributed by atoms with Crippen molar-refractivity contribution in [1.29, 1.82) is 0 Å². The number of hydrogen-bond acceptors (Lipinski definition) is 6. The zero-order chi connectivity index (χ0) is 19.4. The van der Waals surface area contributed by atoms with Crippen LogP contribution < -0.4 is 4.90 Å². The van der Waals surface area contributed by atoms with Gasteiger partial charge in [-0.2, -0.15) is 0 Å². The van der Waals surface area contributed by atoms with Crippen LogP contribution in [0.2, 0.25) is 0 Å². The van der Waals surface area contributed by atoms with E-state index in [1.807, 2.05) is 42.6 Å². The summed E-state index contributed by atoms with van der Waals surface area (Å²) in [5.74, 6) is -0.467. The van der Waals surface area contributed by atoms with Crippen LogP contribution in [0.25, 0.3) is 0 Å². The van der Waals surface area contributed by atoms with Gasteiger partial charge in [-0.05, 0) is 37.1 Å². The molecule has 0 radical (unpaired) electrons. The highest BCUT2D eigenvalue weighted by molar-refractivity contribution is 7.14. The molecule has 0 saturated carbocycles. The van der Waals surface area contributed by atoms with Crippen LogP contribution >= 0.6 is 22.7 Å². The van der Waals surface area contributed by atoms with Crippen molar-refractivity contribution in [3.63, 3.8) is 0 Å². The number of thiophene rings is 1. The number of carbonyl (C=O) groups is 2. The number of carbonyl (C=O) groups excluding carboxylic acids is 2. The van der Waals surface area contributed by atoms with E-state index in [9.17, 15) is 9.59 Å². The average Bonchev–Trinajstić information content (AvgIpc) is 3.29. The summed E-state index contributed by atoms with van der Waals surface area (Å²) < 4.78 is 5.34. The van der Waals surface area contributed by atoms with E-state index in [2.05, 4.69) is 11.9 Å². The van der Waals surface area contributed by atoms with Crippen LogP contribution in [0.3, 0.4) is 0 Å². The van der Waals surface area contributed by atoms with E-state index in [1.54, 1.807) is 11.0 Å². The summed E-state index contributed by atoms with van der Waals surface area (Å²) >= 11 is 2.76. The smallest absolute Gasteiger partial charge is 0.348 e. The number of esters is 1. The van der Waals surface area contributed by atoms with E-state index in [4.69, 9.17) is 4.74 Å². The first-order valence-corrected chi connectivity index (χ1v) is 10.3. The Morgan fingerprint density at radius 2 is 1.96 bits per heavy atom. The van der Waals surface area contributed by atoms with Gasteiger partial charge in [-0.3, -0.25) is 9.69 Å². The highest BCUT2D eigenvalue weighted by Gasteiger charge is 2.20. The fourth-order valence-electron chi connectivity index (χ4n) is 2.66. The second-order valence-electron chi connectivity index (χ2n) is 5.94. The number of para-hydroxylation sites is 1. The molecule has 0 aliphatic rings. The molecule has 2 aromatic heterocycles. The van der Waals surface area contributed by atoms with E-state index in [1.165, 1.54) is 29.6 Å². The van der Waals surface area contributed by atoms with Gasteiger partial charge in [0.05, 0.1) is 11.4 Å². The van der Waals surface area contributed by atoms with Gasteiger partial charge < -0.3 is 4.74 Å². The third kappa shape index (κ3) is 4.43. The van der Waals surface area contributed by atoms with Gasteiger partial charge in [-0.1, -0.05) is 25.1 Å². The van der Waals surface area contributed by atoms with Crippen molar-refractivity contribution < 1.29 is 14.3 Å². The van der Waals surface area contributed by atoms with Crippen molar-refractivity contribution in [2.45, 2.75) is 33.8 Å². The molecule has 0 spiro atoms. The van der Waals surface area contributed by atoms with Crippen molar-refractivity contribution in [3.8, 4) is 0 Å². The van der Waals surface area contributed by atoms with Crippen molar-refractivity contribution in [3.05, 3.63) is 62.8 Å². The number of thiazole rings is 1. The standard InChI is InChI=1S/C20H20N2O3S2/c1-4-15-7-5-6-8-17(15)22(14(3)23)20-21-16(12-26-20)11-25-19(24)18-10-9-13(2)27-18/h5-10,12H,4,11H2,1-3H3. The van der Waals surface area contributed by atoms with Crippen LogP contribution in [-0.4, -0.2) is 16.9 Å². The maximum absolute atomic E-state index is 12.3. The average molecular weight is 401 g/mol. The Bertz CT molecular complexity index is 962. The SMILES string of the molecule is CCc1ccccc1N(C(C)=O)c1nc(COC(=O)c2ccc(C)s2)cs1. The Kier molecular flexibility index (Phi) is 6.03. The number of anilines is 2. The topological polar surface area (TPSA) is 59.5 Å². The highest BCUT2D eigenvalue weighted by atomic mass is 32.1. The van der Waals surface area contributed by atoms with Crippen LogP contribution in [0, 0.1) is 6.92 Å². The fraction of sp³-hybridized carbons (Fsp3) is 0.250. The molecule has 0 saturated heterocycles. The molecule has 5 nitrogen and oxygen atoms in total. The Labute approximate surface area is 166 Å². The maximum atomic E-state index is 12.3. The lowest BCUT2D eigenvalue weighted by Gasteiger charge is -2.20. The molecule has 0 atom stereocenters. The third-order valence-electron chi connectivity index (χ3n) is 3.95. The largest absolute Gasteiger partial charge is 0.455 e. The van der Waals surface area contributed by atoms with Crippen molar-refractivity contribution in [2.24, 2.45) is 0 Å². The van der Waals surface area contributed by atoms with Crippen LogP contribution in [0.5, 0.6) is 0 Å². The molecule has 2 heterocycles. The Balaban J connectivity index is 1.76. The molecule has 140 valence electrons. The summed E-state index contributed by atoms with van der Waals surface area (Å²) in [5.41, 5.74) is 2.53. The van der Waals surface area contributed by atoms with Gasteiger partial charge >= 0.3 is 5.97 Å². The van der Waals surface area contributed by atoms with Gasteiger partial charge in [0.2, 0.25) is 5.91 Å². The van der Waals surface area contributed by atoms with E-state index in [-0.39, 0.29) is 18.5 Å². The van der Waals surface area contributed by atoms with Crippen LogP contribution in [0.1, 0.15) is 39.7 Å². The van der Waals surface area contributed by atoms with Crippen molar-refractivity contribution in [1.82, 2.24) is 4.98 Å². The Morgan fingerprint density at radius 3 is 2.63 bits per heavy atom. The highest BCUT2D eigenvalue weighted by Crippen LogP contribution is 2.32. The summed E-state index contributed by atoms with van der Waals surface area (Å²) in [6.45, 7) is 5.59. The number of aromatic nitrogens is 1. The lowest BCUT2D eigenvalue weighted by Crippen LogP contribution is -2.23. The normalized spacial score (nSPS) is 10.6. The minimum Gasteiger partial charge on any atom is -0.455 e. The molecule has 1 aromatic carbocycles. The van der Waals surface area contributed by atoms with E-state index >= 15 is 0 Å². The predicted molar refractivity (Wildman–Crippen MR) is 109 cm³/mol. The van der Waals surface area contributed by atoms with Crippen LogP contribution in [-0.2, 0) is 22.6 Å². The quantitative estimate of drug-likeness (QED) is 0.539. The molecule has 7 heteroatoms. The molecule has 3 aromatic rings. The number of hydrogen-bond donors (Lipinski definition) is 0. The van der Waals surface area contributed by atoms with Crippen LogP contribution in [0.15, 0.2) is 41.8 Å². The monoisotopic (exact) mass is 400 g/mol. The molecule has 1 amide bonds.